The minimum atomic E-state index is -0.846. The number of amides is 1. The summed E-state index contributed by atoms with van der Waals surface area (Å²) in [6.07, 6.45) is 101. The van der Waals surface area contributed by atoms with Gasteiger partial charge in [-0.25, -0.2) is 0 Å². The van der Waals surface area contributed by atoms with Gasteiger partial charge >= 0.3 is 0 Å². The van der Waals surface area contributed by atoms with Crippen molar-refractivity contribution in [3.63, 3.8) is 0 Å². The van der Waals surface area contributed by atoms with Gasteiger partial charge in [0, 0.05) is 6.42 Å². The van der Waals surface area contributed by atoms with E-state index in [1.807, 2.05) is 6.08 Å². The van der Waals surface area contributed by atoms with Gasteiger partial charge in [0.15, 0.2) is 0 Å². The lowest BCUT2D eigenvalue weighted by Crippen LogP contribution is -2.45. The van der Waals surface area contributed by atoms with Crippen LogP contribution >= 0.6 is 0 Å². The number of carbonyl (C=O) groups is 1. The van der Waals surface area contributed by atoms with Crippen molar-refractivity contribution < 1.29 is 15.0 Å². The van der Waals surface area contributed by atoms with Gasteiger partial charge in [-0.05, 0) is 83.5 Å². The number of carbonyl (C=O) groups excluding carboxylic acids is 1. The van der Waals surface area contributed by atoms with Gasteiger partial charge in [0.2, 0.25) is 5.91 Å². The molecule has 0 aromatic rings. The minimum Gasteiger partial charge on any atom is -0.394 e. The van der Waals surface area contributed by atoms with Crippen molar-refractivity contribution in [1.29, 1.82) is 0 Å². The SMILES string of the molecule is CC/C=C\C/C=C\C/C=C\C/C=C\C/C=C\C/C=C\C/C=C\C/C=C\CCCCCCCCCCCCCCCCC(=O)NC(CO)C(O)/C=C/CCCCCCCCCCCCCCCCCCCCCCCCCC. The first-order valence-corrected chi connectivity index (χ1v) is 33.6. The second kappa shape index (κ2) is 67.3. The van der Waals surface area contributed by atoms with Crippen LogP contribution in [-0.2, 0) is 4.79 Å². The highest BCUT2D eigenvalue weighted by Crippen LogP contribution is 2.18. The van der Waals surface area contributed by atoms with E-state index in [2.05, 4.69) is 116 Å². The molecule has 0 aromatic heterocycles. The van der Waals surface area contributed by atoms with Crippen LogP contribution in [0.15, 0.2) is 109 Å². The molecule has 2 unspecified atom stereocenters. The molecule has 0 saturated heterocycles. The zero-order valence-corrected chi connectivity index (χ0v) is 51.2. The molecule has 0 aromatic carbocycles. The first kappa shape index (κ1) is 74.0. The van der Waals surface area contributed by atoms with E-state index in [0.717, 1.165) is 77.0 Å². The summed E-state index contributed by atoms with van der Waals surface area (Å²) in [5.41, 5.74) is 0. The van der Waals surface area contributed by atoms with Gasteiger partial charge in [0.25, 0.3) is 0 Å². The van der Waals surface area contributed by atoms with E-state index in [0.29, 0.717) is 6.42 Å². The number of rotatable bonds is 61. The van der Waals surface area contributed by atoms with Crippen molar-refractivity contribution in [2.75, 3.05) is 6.61 Å². The molecule has 0 spiro atoms. The van der Waals surface area contributed by atoms with Crippen molar-refractivity contribution in [1.82, 2.24) is 5.32 Å². The predicted octanol–water partition coefficient (Wildman–Crippen LogP) is 23.0. The molecule has 0 radical (unpaired) electrons. The Morgan fingerprint density at radius 3 is 0.857 bits per heavy atom. The first-order chi connectivity index (χ1) is 38.2. The normalized spacial score (nSPS) is 13.5. The quantitative estimate of drug-likeness (QED) is 0.0420. The molecule has 4 heteroatoms. The monoisotopic (exact) mass is 1070 g/mol. The van der Waals surface area contributed by atoms with Gasteiger partial charge in [-0.1, -0.05) is 348 Å². The van der Waals surface area contributed by atoms with Crippen LogP contribution in [0.4, 0.5) is 0 Å². The van der Waals surface area contributed by atoms with Crippen LogP contribution in [-0.4, -0.2) is 34.9 Å². The number of hydrogen-bond acceptors (Lipinski definition) is 3. The van der Waals surface area contributed by atoms with Crippen LogP contribution in [0.3, 0.4) is 0 Å². The largest absolute Gasteiger partial charge is 0.394 e. The summed E-state index contributed by atoms with van der Waals surface area (Å²) in [5.74, 6) is -0.0642. The molecule has 0 heterocycles. The highest BCUT2D eigenvalue weighted by atomic mass is 16.3. The van der Waals surface area contributed by atoms with E-state index in [-0.39, 0.29) is 12.5 Å². The number of aliphatic hydroxyl groups is 2. The molecule has 0 aliphatic heterocycles. The van der Waals surface area contributed by atoms with E-state index in [1.165, 1.54) is 231 Å². The molecule has 3 N–H and O–H groups in total. The summed E-state index contributed by atoms with van der Waals surface area (Å²) < 4.78 is 0. The third kappa shape index (κ3) is 63.8. The van der Waals surface area contributed by atoms with Crippen molar-refractivity contribution in [2.24, 2.45) is 0 Å². The summed E-state index contributed by atoms with van der Waals surface area (Å²) >= 11 is 0. The Hall–Kier alpha value is -2.95. The maximum Gasteiger partial charge on any atom is 0.220 e. The van der Waals surface area contributed by atoms with Crippen LogP contribution < -0.4 is 5.32 Å². The molecule has 0 bridgehead atoms. The standard InChI is InChI=1S/C73H129NO3/c1-3-5-7-9-11-13-15-17-19-21-23-25-27-29-31-32-33-34-35-36-37-38-39-40-41-42-43-45-47-49-51-53-55-57-59-61-63-65-67-69-73(77)74-71(70-75)72(76)68-66-64-62-60-58-56-54-52-50-48-46-44-30-28-26-24-22-20-18-16-14-12-10-8-6-4-2/h5,7,11,13,17,19,23,25,29,31,33-34,36-37,39-40,66,68,71-72,75-76H,3-4,6,8-10,12,14-16,18,20-22,24,26-28,30,32,35,38,41-65,67,69-70H2,1-2H3,(H,74,77)/b7-5-,13-11-,19-17-,25-23-,31-29-,34-33-,37-36-,40-39-,68-66+. The number of aliphatic hydroxyl groups excluding tert-OH is 2. The molecule has 77 heavy (non-hydrogen) atoms. The van der Waals surface area contributed by atoms with Crippen molar-refractivity contribution in [3.05, 3.63) is 109 Å². The Bertz CT molecular complexity index is 1440. The Labute approximate surface area is 480 Å². The Morgan fingerprint density at radius 2 is 0.571 bits per heavy atom. The molecule has 0 saturated carbocycles. The van der Waals surface area contributed by atoms with Gasteiger partial charge in [0.1, 0.15) is 0 Å². The van der Waals surface area contributed by atoms with Crippen LogP contribution in [0.2, 0.25) is 0 Å². The van der Waals surface area contributed by atoms with Gasteiger partial charge in [-0.15, -0.1) is 0 Å². The van der Waals surface area contributed by atoms with Crippen LogP contribution in [0.1, 0.15) is 328 Å². The highest BCUT2D eigenvalue weighted by molar-refractivity contribution is 5.76. The predicted molar refractivity (Wildman–Crippen MR) is 345 cm³/mol. The smallest absolute Gasteiger partial charge is 0.220 e. The van der Waals surface area contributed by atoms with Crippen molar-refractivity contribution >= 4 is 5.91 Å². The van der Waals surface area contributed by atoms with Crippen LogP contribution in [0.5, 0.6) is 0 Å². The highest BCUT2D eigenvalue weighted by Gasteiger charge is 2.18. The average Bonchev–Trinajstić information content (AvgIpc) is 3.43. The third-order valence-electron chi connectivity index (χ3n) is 15.0. The van der Waals surface area contributed by atoms with E-state index < -0.39 is 12.1 Å². The summed E-state index contributed by atoms with van der Waals surface area (Å²) in [6, 6.07) is -0.630. The van der Waals surface area contributed by atoms with Gasteiger partial charge < -0.3 is 15.5 Å². The summed E-state index contributed by atoms with van der Waals surface area (Å²) in [7, 11) is 0. The first-order valence-electron chi connectivity index (χ1n) is 33.6. The lowest BCUT2D eigenvalue weighted by molar-refractivity contribution is -0.123. The number of unbranched alkanes of at least 4 members (excludes halogenated alkanes) is 38. The maximum absolute atomic E-state index is 12.5. The molecule has 2 atom stereocenters. The molecular formula is C73H129NO3. The lowest BCUT2D eigenvalue weighted by Gasteiger charge is -2.20. The van der Waals surface area contributed by atoms with E-state index in [4.69, 9.17) is 0 Å². The zero-order valence-electron chi connectivity index (χ0n) is 51.2. The molecular weight excluding hydrogens is 939 g/mol. The molecule has 444 valence electrons. The maximum atomic E-state index is 12.5. The Balaban J connectivity index is 3.52. The molecule has 0 fully saturated rings. The fraction of sp³-hybridized carbons (Fsp3) is 0.740. The molecule has 4 nitrogen and oxygen atoms in total. The fourth-order valence-electron chi connectivity index (χ4n) is 9.96. The van der Waals surface area contributed by atoms with Crippen molar-refractivity contribution in [2.45, 2.75) is 341 Å². The second-order valence-electron chi connectivity index (χ2n) is 22.5. The van der Waals surface area contributed by atoms with Gasteiger partial charge in [-0.2, -0.15) is 0 Å². The van der Waals surface area contributed by atoms with Crippen LogP contribution in [0, 0.1) is 0 Å². The van der Waals surface area contributed by atoms with Gasteiger partial charge in [0.05, 0.1) is 18.8 Å². The summed E-state index contributed by atoms with van der Waals surface area (Å²) in [5, 5.41) is 23.3. The number of hydrogen-bond donors (Lipinski definition) is 3. The topological polar surface area (TPSA) is 69.6 Å². The average molecular weight is 1070 g/mol. The van der Waals surface area contributed by atoms with Crippen molar-refractivity contribution in [3.8, 4) is 0 Å². The summed E-state index contributed by atoms with van der Waals surface area (Å²) in [6.45, 7) is 4.22. The Kier molecular flexibility index (Phi) is 64.7. The summed E-state index contributed by atoms with van der Waals surface area (Å²) in [4.78, 5) is 12.5. The van der Waals surface area contributed by atoms with Crippen LogP contribution in [0.25, 0.3) is 0 Å². The molecule has 0 aliphatic rings. The van der Waals surface area contributed by atoms with Gasteiger partial charge in [-0.3, -0.25) is 4.79 Å². The fourth-order valence-corrected chi connectivity index (χ4v) is 9.96. The lowest BCUT2D eigenvalue weighted by atomic mass is 10.0. The van der Waals surface area contributed by atoms with E-state index in [9.17, 15) is 15.0 Å². The zero-order chi connectivity index (χ0) is 55.5. The molecule has 1 amide bonds. The van der Waals surface area contributed by atoms with E-state index >= 15 is 0 Å². The minimum absolute atomic E-state index is 0.0642. The Morgan fingerprint density at radius 1 is 0.325 bits per heavy atom. The number of allylic oxidation sites excluding steroid dienone is 17. The van der Waals surface area contributed by atoms with E-state index in [1.54, 1.807) is 6.08 Å². The molecule has 0 rings (SSSR count). The number of nitrogens with one attached hydrogen (secondary N) is 1. The second-order valence-corrected chi connectivity index (χ2v) is 22.5. The third-order valence-corrected chi connectivity index (χ3v) is 15.0. The molecule has 0 aliphatic carbocycles.